The third-order valence-electron chi connectivity index (χ3n) is 3.38. The van der Waals surface area contributed by atoms with E-state index in [9.17, 15) is 9.59 Å². The van der Waals surface area contributed by atoms with E-state index in [1.165, 1.54) is 20.3 Å². The number of benzene rings is 2. The molecule has 0 aliphatic carbocycles. The van der Waals surface area contributed by atoms with E-state index in [1.54, 1.807) is 37.3 Å². The Morgan fingerprint density at radius 2 is 1.70 bits per heavy atom. The third-order valence-corrected chi connectivity index (χ3v) is 3.38. The number of hydrogen-bond acceptors (Lipinski definition) is 4. The van der Waals surface area contributed by atoms with Gasteiger partial charge >= 0.3 is 0 Å². The van der Waals surface area contributed by atoms with Crippen LogP contribution in [0.25, 0.3) is 0 Å². The molecule has 6 nitrogen and oxygen atoms in total. The molecule has 0 aliphatic rings. The number of nitrogens with one attached hydrogen (secondary N) is 1. The number of carbonyl (C=O) groups is 2. The van der Waals surface area contributed by atoms with Crippen molar-refractivity contribution in [3.05, 3.63) is 53.1 Å². The van der Waals surface area contributed by atoms with Crippen LogP contribution in [-0.2, 0) is 0 Å². The fourth-order valence-electron chi connectivity index (χ4n) is 2.17. The normalized spacial score (nSPS) is 10.0. The minimum atomic E-state index is -0.552. The van der Waals surface area contributed by atoms with Gasteiger partial charge in [0.2, 0.25) is 5.91 Å². The molecule has 0 radical (unpaired) electrons. The highest BCUT2D eigenvalue weighted by atomic mass is 16.5. The molecule has 23 heavy (non-hydrogen) atoms. The van der Waals surface area contributed by atoms with Gasteiger partial charge in [0.05, 0.1) is 14.2 Å². The Labute approximate surface area is 134 Å². The highest BCUT2D eigenvalue weighted by molar-refractivity contribution is 6.06. The minimum absolute atomic E-state index is 0.315. The van der Waals surface area contributed by atoms with Gasteiger partial charge in [-0.2, -0.15) is 0 Å². The molecule has 120 valence electrons. The van der Waals surface area contributed by atoms with E-state index in [1.807, 2.05) is 0 Å². The molecule has 0 bridgehead atoms. The van der Waals surface area contributed by atoms with Gasteiger partial charge in [0.1, 0.15) is 0 Å². The molecule has 0 fully saturated rings. The largest absolute Gasteiger partial charge is 0.493 e. The molecule has 0 atom stereocenters. The first-order valence-electron chi connectivity index (χ1n) is 6.90. The van der Waals surface area contributed by atoms with Gasteiger partial charge in [0.15, 0.2) is 11.5 Å². The summed E-state index contributed by atoms with van der Waals surface area (Å²) in [5.41, 5.74) is 7.24. The van der Waals surface area contributed by atoms with Crippen LogP contribution >= 0.6 is 0 Å². The molecule has 0 unspecified atom stereocenters. The molecule has 3 N–H and O–H groups in total. The molecule has 2 aromatic rings. The van der Waals surface area contributed by atoms with E-state index < -0.39 is 5.91 Å². The maximum atomic E-state index is 12.5. The van der Waals surface area contributed by atoms with E-state index in [4.69, 9.17) is 15.2 Å². The molecule has 2 aromatic carbocycles. The Bertz CT molecular complexity index is 756. The van der Waals surface area contributed by atoms with E-state index in [0.29, 0.717) is 28.3 Å². The van der Waals surface area contributed by atoms with Crippen LogP contribution in [0.5, 0.6) is 11.5 Å². The number of rotatable bonds is 5. The zero-order valence-electron chi connectivity index (χ0n) is 13.2. The minimum Gasteiger partial charge on any atom is -0.493 e. The topological polar surface area (TPSA) is 90.6 Å². The summed E-state index contributed by atoms with van der Waals surface area (Å²) in [7, 11) is 3.04. The predicted molar refractivity (Wildman–Crippen MR) is 87.2 cm³/mol. The molecular weight excluding hydrogens is 296 g/mol. The first kappa shape index (κ1) is 16.4. The van der Waals surface area contributed by atoms with Gasteiger partial charge in [0, 0.05) is 16.8 Å². The van der Waals surface area contributed by atoms with Gasteiger partial charge in [-0.1, -0.05) is 6.07 Å². The molecule has 0 saturated heterocycles. The van der Waals surface area contributed by atoms with Crippen molar-refractivity contribution >= 4 is 17.5 Å². The molecule has 0 heterocycles. The lowest BCUT2D eigenvalue weighted by Gasteiger charge is -2.13. The Morgan fingerprint density at radius 3 is 2.30 bits per heavy atom. The third kappa shape index (κ3) is 3.60. The number of amides is 2. The predicted octanol–water partition coefficient (Wildman–Crippen LogP) is 2.36. The standard InChI is InChI=1S/C17H18N2O4/c1-10-7-14(22-2)15(23-3)9-13(10)17(21)19-12-6-4-5-11(8-12)16(18)20/h4-9H,1-3H3,(H2,18,20)(H,19,21). The maximum Gasteiger partial charge on any atom is 0.256 e. The summed E-state index contributed by atoms with van der Waals surface area (Å²) in [6.07, 6.45) is 0. The maximum absolute atomic E-state index is 12.5. The number of methoxy groups -OCH3 is 2. The molecule has 6 heteroatoms. The fraction of sp³-hybridized carbons (Fsp3) is 0.176. The van der Waals surface area contributed by atoms with E-state index in [0.717, 1.165) is 5.56 Å². The zero-order chi connectivity index (χ0) is 17.0. The average molecular weight is 314 g/mol. The molecule has 0 saturated carbocycles. The summed E-state index contributed by atoms with van der Waals surface area (Å²) in [4.78, 5) is 23.7. The highest BCUT2D eigenvalue weighted by Gasteiger charge is 2.15. The summed E-state index contributed by atoms with van der Waals surface area (Å²) in [6, 6.07) is 9.78. The second-order valence-corrected chi connectivity index (χ2v) is 4.92. The lowest BCUT2D eigenvalue weighted by atomic mass is 10.1. The number of primary amides is 1. The van der Waals surface area contributed by atoms with Crippen molar-refractivity contribution in [2.45, 2.75) is 6.92 Å². The second-order valence-electron chi connectivity index (χ2n) is 4.92. The van der Waals surface area contributed by atoms with Crippen molar-refractivity contribution in [3.63, 3.8) is 0 Å². The van der Waals surface area contributed by atoms with E-state index in [-0.39, 0.29) is 5.91 Å². The number of carbonyl (C=O) groups excluding carboxylic acids is 2. The molecule has 2 amide bonds. The first-order chi connectivity index (χ1) is 11.0. The van der Waals surface area contributed by atoms with Crippen molar-refractivity contribution in [1.29, 1.82) is 0 Å². The van der Waals surface area contributed by atoms with Crippen LogP contribution in [0.1, 0.15) is 26.3 Å². The molecule has 2 rings (SSSR count). The van der Waals surface area contributed by atoms with Crippen LogP contribution in [0.15, 0.2) is 36.4 Å². The highest BCUT2D eigenvalue weighted by Crippen LogP contribution is 2.30. The smallest absolute Gasteiger partial charge is 0.256 e. The Balaban J connectivity index is 2.31. The SMILES string of the molecule is COc1cc(C)c(C(=O)Nc2cccc(C(N)=O)c2)cc1OC. The lowest BCUT2D eigenvalue weighted by molar-refractivity contribution is 0.0996. The van der Waals surface area contributed by atoms with Gasteiger partial charge in [-0.3, -0.25) is 9.59 Å². The fourth-order valence-corrected chi connectivity index (χ4v) is 2.17. The van der Waals surface area contributed by atoms with Crippen molar-refractivity contribution in [3.8, 4) is 11.5 Å². The molecule has 0 aromatic heterocycles. The summed E-state index contributed by atoms with van der Waals surface area (Å²) in [5.74, 6) is 0.153. The Hall–Kier alpha value is -3.02. The van der Waals surface area contributed by atoms with Crippen molar-refractivity contribution in [1.82, 2.24) is 0 Å². The van der Waals surface area contributed by atoms with Gasteiger partial charge in [-0.05, 0) is 42.8 Å². The van der Waals surface area contributed by atoms with Crippen LogP contribution in [0.2, 0.25) is 0 Å². The molecule has 0 aliphatic heterocycles. The van der Waals surface area contributed by atoms with Crippen LogP contribution in [0, 0.1) is 6.92 Å². The van der Waals surface area contributed by atoms with Crippen molar-refractivity contribution < 1.29 is 19.1 Å². The van der Waals surface area contributed by atoms with Gasteiger partial charge in [-0.25, -0.2) is 0 Å². The Kier molecular flexibility index (Phi) is 4.85. The number of ether oxygens (including phenoxy) is 2. The van der Waals surface area contributed by atoms with Gasteiger partial charge in [0.25, 0.3) is 5.91 Å². The number of hydrogen-bond donors (Lipinski definition) is 2. The van der Waals surface area contributed by atoms with E-state index in [2.05, 4.69) is 5.32 Å². The number of aryl methyl sites for hydroxylation is 1. The first-order valence-corrected chi connectivity index (χ1v) is 6.90. The number of anilines is 1. The quantitative estimate of drug-likeness (QED) is 0.886. The average Bonchev–Trinajstić information content (AvgIpc) is 2.54. The van der Waals surface area contributed by atoms with Crippen LogP contribution in [0.3, 0.4) is 0 Å². The van der Waals surface area contributed by atoms with Crippen molar-refractivity contribution in [2.75, 3.05) is 19.5 Å². The number of nitrogens with two attached hydrogens (primary N) is 1. The van der Waals surface area contributed by atoms with E-state index >= 15 is 0 Å². The van der Waals surface area contributed by atoms with Crippen LogP contribution in [-0.4, -0.2) is 26.0 Å². The van der Waals surface area contributed by atoms with Crippen molar-refractivity contribution in [2.24, 2.45) is 5.73 Å². The van der Waals surface area contributed by atoms with Crippen LogP contribution < -0.4 is 20.5 Å². The zero-order valence-corrected chi connectivity index (χ0v) is 13.2. The van der Waals surface area contributed by atoms with Gasteiger partial charge in [-0.15, -0.1) is 0 Å². The lowest BCUT2D eigenvalue weighted by Crippen LogP contribution is -2.15. The Morgan fingerprint density at radius 1 is 1.04 bits per heavy atom. The molecular formula is C17H18N2O4. The van der Waals surface area contributed by atoms with Gasteiger partial charge < -0.3 is 20.5 Å². The summed E-state index contributed by atoms with van der Waals surface area (Å²) >= 11 is 0. The summed E-state index contributed by atoms with van der Waals surface area (Å²) < 4.78 is 10.4. The molecule has 0 spiro atoms. The summed E-state index contributed by atoms with van der Waals surface area (Å²) in [5, 5.41) is 2.74. The van der Waals surface area contributed by atoms with Crippen LogP contribution in [0.4, 0.5) is 5.69 Å². The monoisotopic (exact) mass is 314 g/mol. The summed E-state index contributed by atoms with van der Waals surface area (Å²) in [6.45, 7) is 1.80. The second kappa shape index (κ2) is 6.83.